The van der Waals surface area contributed by atoms with Gasteiger partial charge in [-0.2, -0.15) is 5.26 Å². The van der Waals surface area contributed by atoms with Crippen LogP contribution in [0.5, 0.6) is 0 Å². The van der Waals surface area contributed by atoms with Gasteiger partial charge in [0.25, 0.3) is 0 Å². The minimum atomic E-state index is -0.0816. The van der Waals surface area contributed by atoms with Crippen LogP contribution in [0.2, 0.25) is 0 Å². The van der Waals surface area contributed by atoms with E-state index in [-0.39, 0.29) is 5.54 Å². The molecular weight excluding hydrogens is 186 g/mol. The predicted octanol–water partition coefficient (Wildman–Crippen LogP) is 2.10. The summed E-state index contributed by atoms with van der Waals surface area (Å²) in [5.74, 6) is 0. The van der Waals surface area contributed by atoms with Crippen molar-refractivity contribution in [2.24, 2.45) is 5.73 Å². The number of benzene rings is 1. The van der Waals surface area contributed by atoms with Crippen molar-refractivity contribution in [2.75, 3.05) is 11.9 Å². The largest absolute Gasteiger partial charge is 0.379 e. The van der Waals surface area contributed by atoms with E-state index in [1.165, 1.54) is 0 Å². The van der Waals surface area contributed by atoms with E-state index in [1.54, 1.807) is 6.07 Å². The molecular formula is C12H17N3. The first kappa shape index (κ1) is 11.5. The van der Waals surface area contributed by atoms with Crippen molar-refractivity contribution in [1.29, 1.82) is 5.26 Å². The Balaban J connectivity index is 2.85. The molecule has 0 bridgehead atoms. The number of hydrogen-bond acceptors (Lipinski definition) is 3. The van der Waals surface area contributed by atoms with Crippen molar-refractivity contribution < 1.29 is 0 Å². The topological polar surface area (TPSA) is 61.8 Å². The SMILES string of the molecule is CC(C)(CCN)Nc1ccccc1C#N. The Morgan fingerprint density at radius 1 is 1.40 bits per heavy atom. The Bertz CT molecular complexity index is 363. The number of anilines is 1. The standard InChI is InChI=1S/C12H17N3/c1-12(2,7-8-13)15-11-6-4-3-5-10(11)9-14/h3-6,15H,7-8,13H2,1-2H3. The Morgan fingerprint density at radius 3 is 2.67 bits per heavy atom. The first-order chi connectivity index (χ1) is 7.09. The van der Waals surface area contributed by atoms with Gasteiger partial charge in [-0.25, -0.2) is 0 Å². The molecule has 1 rings (SSSR count). The Kier molecular flexibility index (Phi) is 3.70. The molecule has 15 heavy (non-hydrogen) atoms. The average Bonchev–Trinajstić information content (AvgIpc) is 2.17. The second-order valence-electron chi connectivity index (χ2n) is 4.20. The van der Waals surface area contributed by atoms with Crippen molar-refractivity contribution >= 4 is 5.69 Å². The quantitative estimate of drug-likeness (QED) is 0.787. The van der Waals surface area contributed by atoms with Crippen molar-refractivity contribution in [1.82, 2.24) is 0 Å². The van der Waals surface area contributed by atoms with Crippen LogP contribution in [-0.2, 0) is 0 Å². The van der Waals surface area contributed by atoms with Gasteiger partial charge in [0.1, 0.15) is 6.07 Å². The summed E-state index contributed by atoms with van der Waals surface area (Å²) >= 11 is 0. The number of rotatable bonds is 4. The lowest BCUT2D eigenvalue weighted by Gasteiger charge is -2.27. The maximum atomic E-state index is 8.93. The summed E-state index contributed by atoms with van der Waals surface area (Å²) in [6.45, 7) is 4.79. The number of nitrogens with zero attached hydrogens (tertiary/aromatic N) is 1. The van der Waals surface area contributed by atoms with Gasteiger partial charge in [-0.15, -0.1) is 0 Å². The third kappa shape index (κ3) is 3.26. The highest BCUT2D eigenvalue weighted by atomic mass is 15.0. The maximum Gasteiger partial charge on any atom is 0.101 e. The van der Waals surface area contributed by atoms with E-state index in [1.807, 2.05) is 18.2 Å². The van der Waals surface area contributed by atoms with Gasteiger partial charge in [-0.05, 0) is 38.9 Å². The Labute approximate surface area is 90.9 Å². The molecule has 0 aliphatic heterocycles. The van der Waals surface area contributed by atoms with Crippen molar-refractivity contribution in [2.45, 2.75) is 25.8 Å². The molecule has 1 aromatic carbocycles. The van der Waals surface area contributed by atoms with Crippen molar-refractivity contribution in [3.05, 3.63) is 29.8 Å². The first-order valence-electron chi connectivity index (χ1n) is 5.06. The lowest BCUT2D eigenvalue weighted by Crippen LogP contribution is -2.33. The van der Waals surface area contributed by atoms with Gasteiger partial charge < -0.3 is 11.1 Å². The molecule has 0 fully saturated rings. The fourth-order valence-corrected chi connectivity index (χ4v) is 1.48. The molecule has 0 atom stereocenters. The fourth-order valence-electron chi connectivity index (χ4n) is 1.48. The van der Waals surface area contributed by atoms with Gasteiger partial charge in [-0.1, -0.05) is 12.1 Å². The van der Waals surface area contributed by atoms with Gasteiger partial charge in [-0.3, -0.25) is 0 Å². The van der Waals surface area contributed by atoms with E-state index in [0.29, 0.717) is 12.1 Å². The van der Waals surface area contributed by atoms with E-state index >= 15 is 0 Å². The van der Waals surface area contributed by atoms with Crippen LogP contribution >= 0.6 is 0 Å². The van der Waals surface area contributed by atoms with Crippen LogP contribution in [0.25, 0.3) is 0 Å². The zero-order valence-electron chi connectivity index (χ0n) is 9.25. The van der Waals surface area contributed by atoms with Gasteiger partial charge in [0.05, 0.1) is 11.3 Å². The van der Waals surface area contributed by atoms with Gasteiger partial charge in [0.2, 0.25) is 0 Å². The zero-order valence-corrected chi connectivity index (χ0v) is 9.25. The molecule has 3 N–H and O–H groups in total. The van der Waals surface area contributed by atoms with Crippen LogP contribution in [-0.4, -0.2) is 12.1 Å². The lowest BCUT2D eigenvalue weighted by molar-refractivity contribution is 0.526. The molecule has 0 heterocycles. The molecule has 0 radical (unpaired) electrons. The highest BCUT2D eigenvalue weighted by molar-refractivity contribution is 5.58. The molecule has 0 saturated heterocycles. The molecule has 0 aliphatic rings. The second-order valence-corrected chi connectivity index (χ2v) is 4.20. The summed E-state index contributed by atoms with van der Waals surface area (Å²) in [7, 11) is 0. The second kappa shape index (κ2) is 4.81. The van der Waals surface area contributed by atoms with E-state index in [2.05, 4.69) is 25.2 Å². The third-order valence-corrected chi connectivity index (χ3v) is 2.29. The molecule has 0 amide bonds. The normalized spacial score (nSPS) is 10.8. The van der Waals surface area contributed by atoms with Crippen LogP contribution in [0.15, 0.2) is 24.3 Å². The minimum Gasteiger partial charge on any atom is -0.379 e. The van der Waals surface area contributed by atoms with E-state index in [4.69, 9.17) is 11.0 Å². The summed E-state index contributed by atoms with van der Waals surface area (Å²) in [6, 6.07) is 9.67. The predicted molar refractivity (Wildman–Crippen MR) is 62.5 cm³/mol. The molecule has 3 heteroatoms. The molecule has 0 spiro atoms. The van der Waals surface area contributed by atoms with Crippen LogP contribution in [0, 0.1) is 11.3 Å². The minimum absolute atomic E-state index is 0.0816. The zero-order chi connectivity index (χ0) is 11.3. The van der Waals surface area contributed by atoms with E-state index in [0.717, 1.165) is 12.1 Å². The first-order valence-corrected chi connectivity index (χ1v) is 5.06. The summed E-state index contributed by atoms with van der Waals surface area (Å²) < 4.78 is 0. The molecule has 0 aliphatic carbocycles. The number of para-hydroxylation sites is 1. The summed E-state index contributed by atoms with van der Waals surface area (Å²) in [6.07, 6.45) is 0.868. The summed E-state index contributed by atoms with van der Waals surface area (Å²) in [5.41, 5.74) is 6.99. The third-order valence-electron chi connectivity index (χ3n) is 2.29. The van der Waals surface area contributed by atoms with Crippen LogP contribution in [0.4, 0.5) is 5.69 Å². The van der Waals surface area contributed by atoms with Crippen LogP contribution < -0.4 is 11.1 Å². The molecule has 80 valence electrons. The number of nitrogens with two attached hydrogens (primary N) is 1. The molecule has 3 nitrogen and oxygen atoms in total. The highest BCUT2D eigenvalue weighted by Crippen LogP contribution is 2.20. The maximum absolute atomic E-state index is 8.93. The smallest absolute Gasteiger partial charge is 0.101 e. The van der Waals surface area contributed by atoms with Crippen molar-refractivity contribution in [3.8, 4) is 6.07 Å². The van der Waals surface area contributed by atoms with Crippen molar-refractivity contribution in [3.63, 3.8) is 0 Å². The molecule has 0 saturated carbocycles. The summed E-state index contributed by atoms with van der Waals surface area (Å²) in [4.78, 5) is 0. The molecule has 1 aromatic rings. The lowest BCUT2D eigenvalue weighted by atomic mass is 9.99. The average molecular weight is 203 g/mol. The molecule has 0 aromatic heterocycles. The number of nitriles is 1. The Morgan fingerprint density at radius 2 is 2.07 bits per heavy atom. The van der Waals surface area contributed by atoms with E-state index in [9.17, 15) is 0 Å². The molecule has 0 unspecified atom stereocenters. The summed E-state index contributed by atoms with van der Waals surface area (Å²) in [5, 5.41) is 12.3. The van der Waals surface area contributed by atoms with Gasteiger partial charge in [0.15, 0.2) is 0 Å². The van der Waals surface area contributed by atoms with Crippen LogP contribution in [0.3, 0.4) is 0 Å². The highest BCUT2D eigenvalue weighted by Gasteiger charge is 2.17. The van der Waals surface area contributed by atoms with Gasteiger partial charge >= 0.3 is 0 Å². The fraction of sp³-hybridized carbons (Fsp3) is 0.417. The van der Waals surface area contributed by atoms with E-state index < -0.39 is 0 Å². The van der Waals surface area contributed by atoms with Crippen LogP contribution in [0.1, 0.15) is 25.8 Å². The van der Waals surface area contributed by atoms with Gasteiger partial charge in [0, 0.05) is 5.54 Å². The number of hydrogen-bond donors (Lipinski definition) is 2. The monoisotopic (exact) mass is 203 g/mol. The Hall–Kier alpha value is -1.53. The number of nitrogens with one attached hydrogen (secondary N) is 1.